The zero-order valence-corrected chi connectivity index (χ0v) is 8.72. The fourth-order valence-corrected chi connectivity index (χ4v) is 2.56. The van der Waals surface area contributed by atoms with Crippen LogP contribution in [0.1, 0.15) is 34.1 Å². The number of aliphatic carboxylic acids is 1. The van der Waals surface area contributed by atoms with Crippen molar-refractivity contribution in [1.82, 2.24) is 0 Å². The summed E-state index contributed by atoms with van der Waals surface area (Å²) in [5.41, 5.74) is -1.47. The third-order valence-electron chi connectivity index (χ3n) is 3.65. The summed E-state index contributed by atoms with van der Waals surface area (Å²) in [5, 5.41) is 18.4. The number of aliphatic hydroxyl groups is 1. The first-order valence-corrected chi connectivity index (χ1v) is 4.55. The summed E-state index contributed by atoms with van der Waals surface area (Å²) in [5.74, 6) is -0.781. The molecule has 0 spiro atoms. The lowest BCUT2D eigenvalue weighted by atomic mass is 9.72. The zero-order chi connectivity index (χ0) is 10.5. The van der Waals surface area contributed by atoms with Crippen molar-refractivity contribution in [2.24, 2.45) is 16.2 Å². The lowest BCUT2D eigenvalue weighted by Gasteiger charge is -2.32. The molecule has 0 heterocycles. The molecule has 3 heteroatoms. The van der Waals surface area contributed by atoms with Gasteiger partial charge >= 0.3 is 5.97 Å². The first kappa shape index (κ1) is 10.5. The number of carbonyl (C=O) groups is 1. The first-order valence-electron chi connectivity index (χ1n) is 4.55. The third kappa shape index (κ3) is 1.10. The van der Waals surface area contributed by atoms with Crippen LogP contribution in [0.15, 0.2) is 0 Å². The normalized spacial score (nSPS) is 31.5. The van der Waals surface area contributed by atoms with Crippen LogP contribution in [0.2, 0.25) is 0 Å². The molecule has 0 amide bonds. The summed E-state index contributed by atoms with van der Waals surface area (Å²) in [7, 11) is 0. The monoisotopic (exact) mass is 186 g/mol. The average molecular weight is 186 g/mol. The van der Waals surface area contributed by atoms with Gasteiger partial charge in [0.2, 0.25) is 0 Å². The van der Waals surface area contributed by atoms with Crippen LogP contribution in [-0.2, 0) is 4.79 Å². The molecular weight excluding hydrogens is 168 g/mol. The molecule has 0 aromatic heterocycles. The molecule has 1 aliphatic carbocycles. The molecule has 1 fully saturated rings. The number of rotatable bonds is 3. The maximum absolute atomic E-state index is 11.2. The van der Waals surface area contributed by atoms with Crippen LogP contribution in [0.5, 0.6) is 0 Å². The van der Waals surface area contributed by atoms with E-state index < -0.39 is 16.8 Å². The second kappa shape index (κ2) is 2.47. The Morgan fingerprint density at radius 2 is 1.85 bits per heavy atom. The van der Waals surface area contributed by atoms with E-state index in [1.54, 1.807) is 0 Å². The molecule has 0 bridgehead atoms. The minimum absolute atomic E-state index is 0.0806. The SMILES string of the molecule is CC(C)(CO)C1(C(=O)O)CC1(C)C. The number of carboxylic acids is 1. The van der Waals surface area contributed by atoms with E-state index in [1.165, 1.54) is 0 Å². The van der Waals surface area contributed by atoms with E-state index in [0.29, 0.717) is 6.42 Å². The van der Waals surface area contributed by atoms with E-state index in [1.807, 2.05) is 27.7 Å². The minimum atomic E-state index is -0.781. The van der Waals surface area contributed by atoms with Crippen LogP contribution in [0.25, 0.3) is 0 Å². The van der Waals surface area contributed by atoms with E-state index in [2.05, 4.69) is 0 Å². The van der Waals surface area contributed by atoms with Gasteiger partial charge in [0, 0.05) is 12.0 Å². The summed E-state index contributed by atoms with van der Waals surface area (Å²) >= 11 is 0. The van der Waals surface area contributed by atoms with Gasteiger partial charge in [0.15, 0.2) is 0 Å². The predicted octanol–water partition coefficient (Wildman–Crippen LogP) is 1.51. The molecule has 1 rings (SSSR count). The Bertz CT molecular complexity index is 243. The van der Waals surface area contributed by atoms with Crippen molar-refractivity contribution in [2.45, 2.75) is 34.1 Å². The summed E-state index contributed by atoms with van der Waals surface area (Å²) in [6, 6.07) is 0. The van der Waals surface area contributed by atoms with E-state index in [-0.39, 0.29) is 12.0 Å². The van der Waals surface area contributed by atoms with Crippen molar-refractivity contribution in [1.29, 1.82) is 0 Å². The van der Waals surface area contributed by atoms with E-state index in [0.717, 1.165) is 0 Å². The maximum Gasteiger partial charge on any atom is 0.310 e. The summed E-state index contributed by atoms with van der Waals surface area (Å²) in [6.07, 6.45) is 0.656. The highest BCUT2D eigenvalue weighted by Crippen LogP contribution is 2.71. The molecule has 0 aromatic carbocycles. The smallest absolute Gasteiger partial charge is 0.310 e. The van der Waals surface area contributed by atoms with Gasteiger partial charge in [-0.15, -0.1) is 0 Å². The fraction of sp³-hybridized carbons (Fsp3) is 0.900. The second-order valence-electron chi connectivity index (χ2n) is 5.31. The maximum atomic E-state index is 11.2. The van der Waals surface area contributed by atoms with Gasteiger partial charge < -0.3 is 10.2 Å². The molecular formula is C10H18O3. The van der Waals surface area contributed by atoms with Gasteiger partial charge in [-0.3, -0.25) is 4.79 Å². The minimum Gasteiger partial charge on any atom is -0.481 e. The Labute approximate surface area is 78.8 Å². The van der Waals surface area contributed by atoms with Gasteiger partial charge in [-0.25, -0.2) is 0 Å². The highest BCUT2D eigenvalue weighted by molar-refractivity contribution is 5.81. The molecule has 0 radical (unpaired) electrons. The number of carboxylic acid groups (broad SMARTS) is 1. The van der Waals surface area contributed by atoms with Crippen LogP contribution < -0.4 is 0 Å². The topological polar surface area (TPSA) is 57.5 Å². The van der Waals surface area contributed by atoms with Gasteiger partial charge in [-0.1, -0.05) is 27.7 Å². The molecule has 2 N–H and O–H groups in total. The molecule has 1 unspecified atom stereocenters. The Morgan fingerprint density at radius 1 is 1.46 bits per heavy atom. The van der Waals surface area contributed by atoms with Crippen molar-refractivity contribution >= 4 is 5.97 Å². The molecule has 0 aromatic rings. The highest BCUT2D eigenvalue weighted by Gasteiger charge is 2.73. The molecule has 1 aliphatic rings. The van der Waals surface area contributed by atoms with Crippen molar-refractivity contribution in [3.8, 4) is 0 Å². The largest absolute Gasteiger partial charge is 0.481 e. The summed E-state index contributed by atoms with van der Waals surface area (Å²) < 4.78 is 0. The highest BCUT2D eigenvalue weighted by atomic mass is 16.4. The number of aliphatic hydroxyl groups excluding tert-OH is 1. The lowest BCUT2D eigenvalue weighted by Crippen LogP contribution is -2.39. The predicted molar refractivity (Wildman–Crippen MR) is 49.3 cm³/mol. The molecule has 1 saturated carbocycles. The Kier molecular flexibility index (Phi) is 2.00. The number of hydrogen-bond donors (Lipinski definition) is 2. The van der Waals surface area contributed by atoms with Gasteiger partial charge in [-0.05, 0) is 11.8 Å². The Hall–Kier alpha value is -0.570. The molecule has 0 aliphatic heterocycles. The molecule has 3 nitrogen and oxygen atoms in total. The van der Waals surface area contributed by atoms with Crippen LogP contribution >= 0.6 is 0 Å². The lowest BCUT2D eigenvalue weighted by molar-refractivity contribution is -0.152. The van der Waals surface area contributed by atoms with Crippen molar-refractivity contribution in [3.63, 3.8) is 0 Å². The molecule has 0 saturated heterocycles. The van der Waals surface area contributed by atoms with Crippen LogP contribution in [0, 0.1) is 16.2 Å². The van der Waals surface area contributed by atoms with Crippen LogP contribution in [0.3, 0.4) is 0 Å². The summed E-state index contributed by atoms with van der Waals surface area (Å²) in [6.45, 7) is 7.44. The fourth-order valence-electron chi connectivity index (χ4n) is 2.56. The van der Waals surface area contributed by atoms with Crippen molar-refractivity contribution < 1.29 is 15.0 Å². The molecule has 76 valence electrons. The second-order valence-corrected chi connectivity index (χ2v) is 5.31. The van der Waals surface area contributed by atoms with Gasteiger partial charge in [0.1, 0.15) is 0 Å². The Balaban J connectivity index is 3.05. The van der Waals surface area contributed by atoms with Crippen molar-refractivity contribution in [3.05, 3.63) is 0 Å². The van der Waals surface area contributed by atoms with Gasteiger partial charge in [-0.2, -0.15) is 0 Å². The van der Waals surface area contributed by atoms with Crippen LogP contribution in [-0.4, -0.2) is 22.8 Å². The molecule has 1 atom stereocenters. The van der Waals surface area contributed by atoms with Crippen molar-refractivity contribution in [2.75, 3.05) is 6.61 Å². The standard InChI is InChI=1S/C10H18O3/c1-8(2)5-10(8,7(12)13)9(3,4)6-11/h11H,5-6H2,1-4H3,(H,12,13). The van der Waals surface area contributed by atoms with E-state index in [9.17, 15) is 15.0 Å². The van der Waals surface area contributed by atoms with E-state index in [4.69, 9.17) is 0 Å². The van der Waals surface area contributed by atoms with Crippen LogP contribution in [0.4, 0.5) is 0 Å². The summed E-state index contributed by atoms with van der Waals surface area (Å²) in [4.78, 5) is 11.2. The third-order valence-corrected chi connectivity index (χ3v) is 3.65. The molecule has 13 heavy (non-hydrogen) atoms. The average Bonchev–Trinajstić information content (AvgIpc) is 2.56. The van der Waals surface area contributed by atoms with Gasteiger partial charge in [0.25, 0.3) is 0 Å². The van der Waals surface area contributed by atoms with E-state index >= 15 is 0 Å². The zero-order valence-electron chi connectivity index (χ0n) is 8.72. The quantitative estimate of drug-likeness (QED) is 0.702. The Morgan fingerprint density at radius 3 is 1.92 bits per heavy atom. The first-order chi connectivity index (χ1) is 5.71. The number of hydrogen-bond acceptors (Lipinski definition) is 2. The van der Waals surface area contributed by atoms with Gasteiger partial charge in [0.05, 0.1) is 5.41 Å².